The second-order valence-corrected chi connectivity index (χ2v) is 4.01. The summed E-state index contributed by atoms with van der Waals surface area (Å²) >= 11 is 0. The second-order valence-electron chi connectivity index (χ2n) is 4.01. The molecule has 0 saturated heterocycles. The van der Waals surface area contributed by atoms with Gasteiger partial charge in [0.2, 0.25) is 0 Å². The normalized spacial score (nSPS) is 19.9. The molecule has 74 valence electrons. The first-order valence-electron chi connectivity index (χ1n) is 4.99. The molecule has 0 spiro atoms. The molecule has 3 heteroatoms. The van der Waals surface area contributed by atoms with E-state index in [9.17, 15) is 0 Å². The Bertz CT molecular complexity index is 354. The summed E-state index contributed by atoms with van der Waals surface area (Å²) in [4.78, 5) is 4.38. The maximum atomic E-state index is 4.46. The van der Waals surface area contributed by atoms with Gasteiger partial charge in [0.25, 0.3) is 0 Å². The third-order valence-corrected chi connectivity index (χ3v) is 2.30. The predicted molar refractivity (Wildman–Crippen MR) is 59.0 cm³/mol. The van der Waals surface area contributed by atoms with Gasteiger partial charge in [-0.3, -0.25) is 0 Å². The quantitative estimate of drug-likeness (QED) is 0.668. The van der Waals surface area contributed by atoms with E-state index < -0.39 is 0 Å². The number of nitrogens with zero attached hydrogens (tertiary/aromatic N) is 3. The maximum absolute atomic E-state index is 4.46. The number of aromatic nitrogens is 2. The van der Waals surface area contributed by atoms with Crippen molar-refractivity contribution in [2.24, 2.45) is 10.9 Å². The van der Waals surface area contributed by atoms with Crippen molar-refractivity contribution < 1.29 is 0 Å². The van der Waals surface area contributed by atoms with Crippen LogP contribution in [-0.4, -0.2) is 16.0 Å². The lowest BCUT2D eigenvalue weighted by atomic mass is 10.1. The predicted octanol–water partition coefficient (Wildman–Crippen LogP) is 2.83. The monoisotopic (exact) mass is 189 g/mol. The number of fused-ring (bicyclic) bond motifs is 1. The van der Waals surface area contributed by atoms with Crippen molar-refractivity contribution in [3.05, 3.63) is 17.8 Å². The number of hydrogen-bond acceptors (Lipinski definition) is 2. The highest BCUT2D eigenvalue weighted by molar-refractivity contribution is 5.69. The van der Waals surface area contributed by atoms with E-state index in [4.69, 9.17) is 0 Å². The molecule has 0 saturated carbocycles. The minimum Gasteiger partial charge on any atom is -0.241 e. The van der Waals surface area contributed by atoms with Crippen molar-refractivity contribution in [1.82, 2.24) is 9.78 Å². The molecule has 2 rings (SSSR count). The Balaban J connectivity index is 2.41. The van der Waals surface area contributed by atoms with Crippen LogP contribution in [0.1, 0.15) is 32.4 Å². The van der Waals surface area contributed by atoms with Crippen LogP contribution < -0.4 is 0 Å². The van der Waals surface area contributed by atoms with Crippen LogP contribution in [0, 0.1) is 5.92 Å². The van der Waals surface area contributed by atoms with E-state index in [1.165, 1.54) is 0 Å². The third kappa shape index (κ3) is 1.62. The van der Waals surface area contributed by atoms with E-state index in [-0.39, 0.29) is 0 Å². The van der Waals surface area contributed by atoms with E-state index in [1.807, 2.05) is 23.2 Å². The SMILES string of the molecule is CC1C=Cn2nc(C(C)C)cc2N=C1. The minimum atomic E-state index is 0.388. The van der Waals surface area contributed by atoms with Crippen LogP contribution in [0.4, 0.5) is 5.82 Å². The van der Waals surface area contributed by atoms with Crippen molar-refractivity contribution in [3.63, 3.8) is 0 Å². The summed E-state index contributed by atoms with van der Waals surface area (Å²) in [5.74, 6) is 1.77. The van der Waals surface area contributed by atoms with Crippen LogP contribution in [0.2, 0.25) is 0 Å². The van der Waals surface area contributed by atoms with Gasteiger partial charge >= 0.3 is 0 Å². The van der Waals surface area contributed by atoms with E-state index in [1.54, 1.807) is 0 Å². The van der Waals surface area contributed by atoms with Gasteiger partial charge in [-0.1, -0.05) is 26.8 Å². The van der Waals surface area contributed by atoms with Crippen LogP contribution in [0.5, 0.6) is 0 Å². The summed E-state index contributed by atoms with van der Waals surface area (Å²) in [6, 6.07) is 2.05. The van der Waals surface area contributed by atoms with Crippen LogP contribution >= 0.6 is 0 Å². The topological polar surface area (TPSA) is 30.2 Å². The molecule has 2 heterocycles. The Labute approximate surface area is 84.2 Å². The molecule has 0 radical (unpaired) electrons. The summed E-state index contributed by atoms with van der Waals surface area (Å²) in [6.07, 6.45) is 6.02. The third-order valence-electron chi connectivity index (χ3n) is 2.30. The standard InChI is InChI=1S/C11H15N3/c1-8(2)10-6-11-12-7-9(3)4-5-14(11)13-10/h4-9H,1-3H3. The van der Waals surface area contributed by atoms with E-state index in [0.29, 0.717) is 11.8 Å². The van der Waals surface area contributed by atoms with Gasteiger partial charge in [0, 0.05) is 24.4 Å². The van der Waals surface area contributed by atoms with Gasteiger partial charge in [0.05, 0.1) is 5.69 Å². The van der Waals surface area contributed by atoms with Crippen molar-refractivity contribution in [2.75, 3.05) is 0 Å². The average Bonchev–Trinajstić information content (AvgIpc) is 2.48. The van der Waals surface area contributed by atoms with Gasteiger partial charge in [-0.2, -0.15) is 5.10 Å². The summed E-state index contributed by atoms with van der Waals surface area (Å²) in [7, 11) is 0. The first kappa shape index (κ1) is 9.19. The minimum absolute atomic E-state index is 0.388. The first-order valence-corrected chi connectivity index (χ1v) is 4.99. The van der Waals surface area contributed by atoms with Gasteiger partial charge in [0.15, 0.2) is 5.82 Å². The molecule has 0 bridgehead atoms. The van der Waals surface area contributed by atoms with Crippen LogP contribution in [0.25, 0.3) is 6.20 Å². The number of aliphatic imine (C=N–C) groups is 1. The highest BCUT2D eigenvalue weighted by Gasteiger charge is 2.09. The smallest absolute Gasteiger partial charge is 0.154 e. The summed E-state index contributed by atoms with van der Waals surface area (Å²) in [5, 5.41) is 4.46. The van der Waals surface area contributed by atoms with Crippen molar-refractivity contribution in [1.29, 1.82) is 0 Å². The summed E-state index contributed by atoms with van der Waals surface area (Å²) < 4.78 is 1.84. The molecule has 0 aromatic carbocycles. The molecule has 0 aliphatic carbocycles. The van der Waals surface area contributed by atoms with Gasteiger partial charge in [-0.25, -0.2) is 9.67 Å². The zero-order valence-corrected chi connectivity index (χ0v) is 8.81. The number of hydrogen-bond donors (Lipinski definition) is 0. The lowest BCUT2D eigenvalue weighted by molar-refractivity contribution is 0.784. The molecule has 0 fully saturated rings. The molecule has 1 aromatic rings. The Hall–Kier alpha value is -1.38. The fraction of sp³-hybridized carbons (Fsp3) is 0.455. The largest absolute Gasteiger partial charge is 0.241 e. The van der Waals surface area contributed by atoms with Crippen molar-refractivity contribution in [2.45, 2.75) is 26.7 Å². The van der Waals surface area contributed by atoms with Crippen molar-refractivity contribution >= 4 is 18.2 Å². The number of rotatable bonds is 1. The lowest BCUT2D eigenvalue weighted by Crippen LogP contribution is -1.92. The molecule has 14 heavy (non-hydrogen) atoms. The molecular weight excluding hydrogens is 174 g/mol. The fourth-order valence-corrected chi connectivity index (χ4v) is 1.35. The molecule has 1 atom stereocenters. The Morgan fingerprint density at radius 2 is 2.21 bits per heavy atom. The summed E-state index contributed by atoms with van der Waals surface area (Å²) in [5.41, 5.74) is 1.09. The van der Waals surface area contributed by atoms with E-state index in [2.05, 4.69) is 36.9 Å². The van der Waals surface area contributed by atoms with E-state index in [0.717, 1.165) is 11.5 Å². The van der Waals surface area contributed by atoms with Crippen LogP contribution in [0.3, 0.4) is 0 Å². The van der Waals surface area contributed by atoms with Crippen LogP contribution in [-0.2, 0) is 0 Å². The Morgan fingerprint density at radius 3 is 2.93 bits per heavy atom. The molecule has 0 N–H and O–H groups in total. The van der Waals surface area contributed by atoms with E-state index >= 15 is 0 Å². The average molecular weight is 189 g/mol. The van der Waals surface area contributed by atoms with Gasteiger partial charge < -0.3 is 0 Å². The first-order chi connectivity index (χ1) is 6.66. The van der Waals surface area contributed by atoms with Gasteiger partial charge in [-0.05, 0) is 5.92 Å². The molecular formula is C11H15N3. The highest BCUT2D eigenvalue weighted by atomic mass is 15.3. The highest BCUT2D eigenvalue weighted by Crippen LogP contribution is 2.22. The zero-order chi connectivity index (χ0) is 10.1. The second kappa shape index (κ2) is 3.40. The van der Waals surface area contributed by atoms with Gasteiger partial charge in [0.1, 0.15) is 0 Å². The molecule has 1 unspecified atom stereocenters. The molecule has 0 amide bonds. The lowest BCUT2D eigenvalue weighted by Gasteiger charge is -1.96. The molecule has 1 aromatic heterocycles. The fourth-order valence-electron chi connectivity index (χ4n) is 1.35. The Morgan fingerprint density at radius 1 is 1.43 bits per heavy atom. The maximum Gasteiger partial charge on any atom is 0.154 e. The molecule has 1 aliphatic rings. The number of allylic oxidation sites excluding steroid dienone is 1. The zero-order valence-electron chi connectivity index (χ0n) is 8.81. The van der Waals surface area contributed by atoms with Crippen LogP contribution in [0.15, 0.2) is 17.1 Å². The molecule has 3 nitrogen and oxygen atoms in total. The summed E-state index contributed by atoms with van der Waals surface area (Å²) in [6.45, 7) is 6.38. The Kier molecular flexibility index (Phi) is 2.23. The van der Waals surface area contributed by atoms with Crippen molar-refractivity contribution in [3.8, 4) is 0 Å². The molecule has 1 aliphatic heterocycles. The van der Waals surface area contributed by atoms with Gasteiger partial charge in [-0.15, -0.1) is 0 Å².